The molecular weight excluding hydrogens is 512 g/mol. The molecule has 8 rings (SSSR count). The minimum atomic E-state index is 0.206. The third-order valence-electron chi connectivity index (χ3n) is 9.59. The summed E-state index contributed by atoms with van der Waals surface area (Å²) in [5.41, 5.74) is 10.0. The van der Waals surface area contributed by atoms with Crippen LogP contribution in [-0.4, -0.2) is 24.3 Å². The first-order chi connectivity index (χ1) is 20.8. The Kier molecular flexibility index (Phi) is 6.48. The van der Waals surface area contributed by atoms with E-state index in [0.717, 1.165) is 36.5 Å². The maximum atomic E-state index is 5.45. The van der Waals surface area contributed by atoms with Crippen LogP contribution in [0.15, 0.2) is 147 Å². The van der Waals surface area contributed by atoms with Gasteiger partial charge >= 0.3 is 0 Å². The maximum Gasteiger partial charge on any atom is 0.133 e. The fourth-order valence-electron chi connectivity index (χ4n) is 7.27. The molecule has 4 aliphatic carbocycles. The van der Waals surface area contributed by atoms with Gasteiger partial charge in [-0.3, -0.25) is 9.98 Å². The molecule has 208 valence electrons. The van der Waals surface area contributed by atoms with Crippen LogP contribution in [0.25, 0.3) is 11.1 Å². The predicted octanol–water partition coefficient (Wildman–Crippen LogP) is 7.59. The number of fused-ring (bicyclic) bond motifs is 3. The standard InChI is InChI=1S/C38H36N4/c1-3-9-25(10-4-1)27-15-18-29(19-16-27)37-39-24-33-34(40-37)22-21-32-35(28-12-5-2-6-13-28)41-38(42-36(32)33)31-20-17-26-11-7-8-14-30(26)23-31/h1-6,8-10,12,14-16,18-20,22-23,26,28,32,35H,7,11,13,17,21,24H2,(H,39,40)(H,41,42). The highest BCUT2D eigenvalue weighted by Gasteiger charge is 2.39. The van der Waals surface area contributed by atoms with E-state index in [0.29, 0.717) is 24.3 Å². The van der Waals surface area contributed by atoms with Crippen molar-refractivity contribution in [3.63, 3.8) is 0 Å². The van der Waals surface area contributed by atoms with Gasteiger partial charge in [0.25, 0.3) is 0 Å². The zero-order valence-corrected chi connectivity index (χ0v) is 23.8. The molecule has 0 amide bonds. The second-order valence-corrected chi connectivity index (χ2v) is 12.1. The Hall–Kier alpha value is -4.44. The largest absolute Gasteiger partial charge is 0.343 e. The summed E-state index contributed by atoms with van der Waals surface area (Å²) in [4.78, 5) is 10.5. The van der Waals surface area contributed by atoms with Crippen LogP contribution in [0.5, 0.6) is 0 Å². The van der Waals surface area contributed by atoms with E-state index in [4.69, 9.17) is 9.98 Å². The van der Waals surface area contributed by atoms with Crippen molar-refractivity contribution in [3.05, 3.63) is 143 Å². The van der Waals surface area contributed by atoms with Gasteiger partial charge in [-0.15, -0.1) is 0 Å². The minimum absolute atomic E-state index is 0.206. The molecule has 4 nitrogen and oxygen atoms in total. The Morgan fingerprint density at radius 2 is 1.62 bits per heavy atom. The lowest BCUT2D eigenvalue weighted by molar-refractivity contribution is 0.365. The lowest BCUT2D eigenvalue weighted by Gasteiger charge is -2.41. The van der Waals surface area contributed by atoms with E-state index >= 15 is 0 Å². The average molecular weight is 549 g/mol. The molecule has 0 fully saturated rings. The molecule has 2 aromatic carbocycles. The first-order valence-corrected chi connectivity index (χ1v) is 15.5. The number of rotatable bonds is 4. The molecule has 42 heavy (non-hydrogen) atoms. The van der Waals surface area contributed by atoms with Gasteiger partial charge in [0.05, 0.1) is 12.6 Å². The van der Waals surface area contributed by atoms with Crippen LogP contribution in [0.1, 0.15) is 37.7 Å². The summed E-state index contributed by atoms with van der Waals surface area (Å²) in [6, 6.07) is 19.5. The van der Waals surface area contributed by atoms with Gasteiger partial charge in [0.1, 0.15) is 11.7 Å². The molecule has 4 unspecified atom stereocenters. The van der Waals surface area contributed by atoms with Gasteiger partial charge in [-0.1, -0.05) is 103 Å². The number of allylic oxidation sites excluding steroid dienone is 8. The van der Waals surface area contributed by atoms with Crippen LogP contribution >= 0.6 is 0 Å². The molecular formula is C38H36N4. The van der Waals surface area contributed by atoms with Crippen molar-refractivity contribution in [2.45, 2.75) is 38.1 Å². The highest BCUT2D eigenvalue weighted by atomic mass is 15.1. The fourth-order valence-corrected chi connectivity index (χ4v) is 7.27. The number of benzene rings is 2. The number of hydrogen-bond donors (Lipinski definition) is 2. The van der Waals surface area contributed by atoms with Crippen molar-refractivity contribution >= 4 is 11.7 Å². The van der Waals surface area contributed by atoms with E-state index in [2.05, 4.69) is 120 Å². The van der Waals surface area contributed by atoms with E-state index in [1.807, 2.05) is 0 Å². The Labute approximate surface area is 248 Å². The minimum Gasteiger partial charge on any atom is -0.343 e. The quantitative estimate of drug-likeness (QED) is 0.414. The van der Waals surface area contributed by atoms with E-state index < -0.39 is 0 Å². The van der Waals surface area contributed by atoms with Gasteiger partial charge in [0.15, 0.2) is 0 Å². The van der Waals surface area contributed by atoms with Crippen LogP contribution in [0.2, 0.25) is 0 Å². The number of amidine groups is 2. The van der Waals surface area contributed by atoms with Gasteiger partial charge in [-0.2, -0.15) is 0 Å². The van der Waals surface area contributed by atoms with Crippen LogP contribution in [0.3, 0.4) is 0 Å². The monoisotopic (exact) mass is 548 g/mol. The van der Waals surface area contributed by atoms with Crippen LogP contribution in [-0.2, 0) is 0 Å². The molecule has 0 radical (unpaired) electrons. The Balaban J connectivity index is 1.11. The second-order valence-electron chi connectivity index (χ2n) is 12.1. The second kappa shape index (κ2) is 10.8. The van der Waals surface area contributed by atoms with Crippen LogP contribution in [0.4, 0.5) is 0 Å². The molecule has 0 saturated heterocycles. The number of hydrogen-bond acceptors (Lipinski definition) is 4. The summed E-state index contributed by atoms with van der Waals surface area (Å²) < 4.78 is 0. The van der Waals surface area contributed by atoms with Crippen molar-refractivity contribution in [1.82, 2.24) is 10.6 Å². The van der Waals surface area contributed by atoms with Gasteiger partial charge in [0.2, 0.25) is 0 Å². The maximum absolute atomic E-state index is 5.45. The van der Waals surface area contributed by atoms with Crippen molar-refractivity contribution in [1.29, 1.82) is 0 Å². The van der Waals surface area contributed by atoms with E-state index in [9.17, 15) is 0 Å². The summed E-state index contributed by atoms with van der Waals surface area (Å²) in [7, 11) is 0. The van der Waals surface area contributed by atoms with Crippen molar-refractivity contribution in [3.8, 4) is 11.1 Å². The van der Waals surface area contributed by atoms with E-state index in [1.54, 1.807) is 0 Å². The lowest BCUT2D eigenvalue weighted by Crippen LogP contribution is -2.46. The molecule has 4 atom stereocenters. The van der Waals surface area contributed by atoms with Crippen LogP contribution < -0.4 is 10.6 Å². The predicted molar refractivity (Wildman–Crippen MR) is 173 cm³/mol. The zero-order chi connectivity index (χ0) is 27.9. The third kappa shape index (κ3) is 4.65. The number of nitrogens with one attached hydrogen (secondary N) is 2. The number of aliphatic imine (C=N–C) groups is 2. The summed E-state index contributed by atoms with van der Waals surface area (Å²) in [6.45, 7) is 0.665. The first-order valence-electron chi connectivity index (χ1n) is 15.5. The molecule has 4 heteroatoms. The fraction of sp³-hybridized carbons (Fsp3) is 0.263. The van der Waals surface area contributed by atoms with Gasteiger partial charge in [-0.05, 0) is 60.8 Å². The molecule has 2 heterocycles. The van der Waals surface area contributed by atoms with E-state index in [-0.39, 0.29) is 6.04 Å². The summed E-state index contributed by atoms with van der Waals surface area (Å²) in [5.74, 6) is 3.36. The molecule has 2 aromatic rings. The highest BCUT2D eigenvalue weighted by Crippen LogP contribution is 2.41. The molecule has 0 spiro atoms. The normalized spacial score (nSPS) is 27.7. The van der Waals surface area contributed by atoms with Gasteiger partial charge in [0, 0.05) is 39.9 Å². The van der Waals surface area contributed by atoms with E-state index in [1.165, 1.54) is 52.1 Å². The Bertz CT molecular complexity index is 1670. The summed E-state index contributed by atoms with van der Waals surface area (Å²) in [6.07, 6.45) is 26.4. The van der Waals surface area contributed by atoms with Crippen molar-refractivity contribution < 1.29 is 0 Å². The molecule has 2 N–H and O–H groups in total. The van der Waals surface area contributed by atoms with Crippen molar-refractivity contribution in [2.24, 2.45) is 27.7 Å². The van der Waals surface area contributed by atoms with Crippen LogP contribution in [0, 0.1) is 17.8 Å². The van der Waals surface area contributed by atoms with Crippen molar-refractivity contribution in [2.75, 3.05) is 6.54 Å². The lowest BCUT2D eigenvalue weighted by atomic mass is 9.75. The highest BCUT2D eigenvalue weighted by molar-refractivity contribution is 6.04. The summed E-state index contributed by atoms with van der Waals surface area (Å²) >= 11 is 0. The SMILES string of the molecule is C1=CCC(C2N=C(C3=CCC4CCC=CC4=C3)NC3=C4CN=C(c5ccc(-c6ccccc6)cc5)NC4=CCC32)C=C1. The molecule has 0 bridgehead atoms. The molecule has 2 aliphatic heterocycles. The van der Waals surface area contributed by atoms with Gasteiger partial charge < -0.3 is 10.6 Å². The summed E-state index contributed by atoms with van der Waals surface area (Å²) in [5, 5.41) is 7.57. The molecule has 0 saturated carbocycles. The van der Waals surface area contributed by atoms with Gasteiger partial charge in [-0.25, -0.2) is 0 Å². The zero-order valence-electron chi connectivity index (χ0n) is 23.8. The third-order valence-corrected chi connectivity index (χ3v) is 9.59. The molecule has 6 aliphatic rings. The first kappa shape index (κ1) is 25.3. The Morgan fingerprint density at radius 1 is 0.762 bits per heavy atom. The molecule has 0 aromatic heterocycles. The smallest absolute Gasteiger partial charge is 0.133 e. The topological polar surface area (TPSA) is 48.8 Å². The number of nitrogens with zero attached hydrogens (tertiary/aromatic N) is 2. The average Bonchev–Trinajstić information content (AvgIpc) is 3.08. The Morgan fingerprint density at radius 3 is 2.48 bits per heavy atom.